The molecule has 0 amide bonds. The summed E-state index contributed by atoms with van der Waals surface area (Å²) in [6.07, 6.45) is 0.865. The second-order valence-corrected chi connectivity index (χ2v) is 4.82. The molecule has 0 spiro atoms. The number of fused-ring (bicyclic) bond motifs is 1. The highest BCUT2D eigenvalue weighted by Crippen LogP contribution is 2.33. The Bertz CT molecular complexity index is 599. The molecule has 1 aromatic heterocycles. The molecule has 0 fully saturated rings. The highest BCUT2D eigenvalue weighted by Gasteiger charge is 2.13. The summed E-state index contributed by atoms with van der Waals surface area (Å²) in [6.45, 7) is 1.29. The predicted octanol–water partition coefficient (Wildman–Crippen LogP) is 3.61. The fourth-order valence-electron chi connectivity index (χ4n) is 1.82. The molecule has 3 rings (SSSR count). The second-order valence-electron chi connectivity index (χ2n) is 4.05. The Morgan fingerprint density at radius 1 is 0.895 bits per heavy atom. The van der Waals surface area contributed by atoms with Crippen LogP contribution in [0, 0.1) is 0 Å². The van der Waals surface area contributed by atoms with E-state index in [9.17, 15) is 0 Å². The number of rotatable bonds is 1. The van der Waals surface area contributed by atoms with E-state index in [1.807, 2.05) is 18.2 Å². The zero-order valence-electron chi connectivity index (χ0n) is 9.90. The average molecular weight is 297 g/mol. The third-order valence-electron chi connectivity index (χ3n) is 2.67. The zero-order valence-corrected chi connectivity index (χ0v) is 11.4. The SMILES string of the molecule is Clc1cc(Cl)nc(-c2ccc3c(c2)OCCCO3)n1. The molecule has 4 nitrogen and oxygen atoms in total. The monoisotopic (exact) mass is 296 g/mol. The van der Waals surface area contributed by atoms with E-state index >= 15 is 0 Å². The van der Waals surface area contributed by atoms with Crippen LogP contribution in [0.15, 0.2) is 24.3 Å². The Balaban J connectivity index is 2.03. The molecule has 2 aromatic rings. The van der Waals surface area contributed by atoms with Gasteiger partial charge < -0.3 is 9.47 Å². The predicted molar refractivity (Wildman–Crippen MR) is 73.1 cm³/mol. The molecule has 98 valence electrons. The molecule has 0 saturated heterocycles. The molecule has 1 aromatic carbocycles. The maximum Gasteiger partial charge on any atom is 0.162 e. The normalized spacial score (nSPS) is 14.0. The lowest BCUT2D eigenvalue weighted by Gasteiger charge is -2.09. The molecule has 0 unspecified atom stereocenters. The van der Waals surface area contributed by atoms with Crippen molar-refractivity contribution in [1.29, 1.82) is 0 Å². The third kappa shape index (κ3) is 2.74. The largest absolute Gasteiger partial charge is 0.490 e. The highest BCUT2D eigenvalue weighted by molar-refractivity contribution is 6.33. The summed E-state index contributed by atoms with van der Waals surface area (Å²) in [5.74, 6) is 1.89. The van der Waals surface area contributed by atoms with Gasteiger partial charge in [0.15, 0.2) is 17.3 Å². The first kappa shape index (κ1) is 12.5. The summed E-state index contributed by atoms with van der Waals surface area (Å²) in [6, 6.07) is 7.03. The van der Waals surface area contributed by atoms with Crippen molar-refractivity contribution in [1.82, 2.24) is 9.97 Å². The molecule has 2 heterocycles. The molecule has 0 saturated carbocycles. The molecule has 0 N–H and O–H groups in total. The number of nitrogens with zero attached hydrogens (tertiary/aromatic N) is 2. The van der Waals surface area contributed by atoms with Crippen molar-refractivity contribution in [3.8, 4) is 22.9 Å². The van der Waals surface area contributed by atoms with Crippen LogP contribution in [0.5, 0.6) is 11.5 Å². The van der Waals surface area contributed by atoms with Crippen LogP contribution in [0.1, 0.15) is 6.42 Å². The molecule has 0 bridgehead atoms. The lowest BCUT2D eigenvalue weighted by molar-refractivity contribution is 0.297. The van der Waals surface area contributed by atoms with Gasteiger partial charge in [0, 0.05) is 18.1 Å². The number of hydrogen-bond donors (Lipinski definition) is 0. The van der Waals surface area contributed by atoms with Gasteiger partial charge in [-0.3, -0.25) is 0 Å². The summed E-state index contributed by atoms with van der Waals surface area (Å²) in [7, 11) is 0. The van der Waals surface area contributed by atoms with Gasteiger partial charge in [0.05, 0.1) is 13.2 Å². The molecule has 0 radical (unpaired) electrons. The number of ether oxygens (including phenoxy) is 2. The molecule has 6 heteroatoms. The van der Waals surface area contributed by atoms with E-state index in [0.29, 0.717) is 35.1 Å². The van der Waals surface area contributed by atoms with E-state index in [4.69, 9.17) is 32.7 Å². The number of benzene rings is 1. The highest BCUT2D eigenvalue weighted by atomic mass is 35.5. The fraction of sp³-hybridized carbons (Fsp3) is 0.231. The Kier molecular flexibility index (Phi) is 3.44. The van der Waals surface area contributed by atoms with Crippen molar-refractivity contribution in [3.05, 3.63) is 34.6 Å². The van der Waals surface area contributed by atoms with E-state index < -0.39 is 0 Å². The fourth-order valence-corrected chi connectivity index (χ4v) is 2.24. The number of aromatic nitrogens is 2. The summed E-state index contributed by atoms with van der Waals surface area (Å²) in [5.41, 5.74) is 0.786. The van der Waals surface area contributed by atoms with Crippen LogP contribution in [0.25, 0.3) is 11.4 Å². The summed E-state index contributed by atoms with van der Waals surface area (Å²) < 4.78 is 11.2. The summed E-state index contributed by atoms with van der Waals surface area (Å²) in [5, 5.41) is 0.615. The van der Waals surface area contributed by atoms with Gasteiger partial charge >= 0.3 is 0 Å². The average Bonchev–Trinajstić information content (AvgIpc) is 2.61. The zero-order chi connectivity index (χ0) is 13.2. The van der Waals surface area contributed by atoms with Crippen molar-refractivity contribution in [2.45, 2.75) is 6.42 Å². The Hall–Kier alpha value is -1.52. The Labute approximate surface area is 120 Å². The van der Waals surface area contributed by atoms with E-state index in [1.165, 1.54) is 6.07 Å². The maximum absolute atomic E-state index is 5.88. The van der Waals surface area contributed by atoms with E-state index in [1.54, 1.807) is 0 Å². The van der Waals surface area contributed by atoms with Crippen molar-refractivity contribution >= 4 is 23.2 Å². The smallest absolute Gasteiger partial charge is 0.162 e. The van der Waals surface area contributed by atoms with Crippen molar-refractivity contribution in [2.24, 2.45) is 0 Å². The minimum absolute atomic E-state index is 0.308. The Morgan fingerprint density at radius 3 is 2.32 bits per heavy atom. The van der Waals surface area contributed by atoms with Gasteiger partial charge in [-0.15, -0.1) is 0 Å². The first-order valence-electron chi connectivity index (χ1n) is 5.82. The van der Waals surface area contributed by atoms with Crippen LogP contribution < -0.4 is 9.47 Å². The molecular formula is C13H10Cl2N2O2. The molecular weight excluding hydrogens is 287 g/mol. The first-order valence-corrected chi connectivity index (χ1v) is 6.58. The molecule has 1 aliphatic heterocycles. The van der Waals surface area contributed by atoms with Crippen molar-refractivity contribution < 1.29 is 9.47 Å². The van der Waals surface area contributed by atoms with Gasteiger partial charge in [-0.2, -0.15) is 0 Å². The number of hydrogen-bond acceptors (Lipinski definition) is 4. The van der Waals surface area contributed by atoms with Crippen molar-refractivity contribution in [2.75, 3.05) is 13.2 Å². The molecule has 19 heavy (non-hydrogen) atoms. The number of halogens is 2. The van der Waals surface area contributed by atoms with Crippen LogP contribution >= 0.6 is 23.2 Å². The van der Waals surface area contributed by atoms with Crippen LogP contribution in [-0.4, -0.2) is 23.2 Å². The quantitative estimate of drug-likeness (QED) is 0.754. The van der Waals surface area contributed by atoms with E-state index in [0.717, 1.165) is 17.7 Å². The van der Waals surface area contributed by atoms with Gasteiger partial charge in [0.1, 0.15) is 10.3 Å². The molecule has 0 aliphatic carbocycles. The van der Waals surface area contributed by atoms with E-state index in [-0.39, 0.29) is 0 Å². The second kappa shape index (κ2) is 5.23. The van der Waals surface area contributed by atoms with Gasteiger partial charge in [0.2, 0.25) is 0 Å². The van der Waals surface area contributed by atoms with E-state index in [2.05, 4.69) is 9.97 Å². The standard InChI is InChI=1S/C13H10Cl2N2O2/c14-11-7-12(15)17-13(16-11)8-2-3-9-10(6-8)19-5-1-4-18-9/h2-3,6-7H,1,4-5H2. The van der Waals surface area contributed by atoms with Gasteiger partial charge in [-0.25, -0.2) is 9.97 Å². The lowest BCUT2D eigenvalue weighted by atomic mass is 10.2. The minimum Gasteiger partial charge on any atom is -0.490 e. The van der Waals surface area contributed by atoms with Crippen LogP contribution in [0.3, 0.4) is 0 Å². The van der Waals surface area contributed by atoms with Gasteiger partial charge in [-0.05, 0) is 18.2 Å². The van der Waals surface area contributed by atoms with Crippen molar-refractivity contribution in [3.63, 3.8) is 0 Å². The topological polar surface area (TPSA) is 44.2 Å². The van der Waals surface area contributed by atoms with Gasteiger partial charge in [0.25, 0.3) is 0 Å². The Morgan fingerprint density at radius 2 is 1.58 bits per heavy atom. The maximum atomic E-state index is 5.88. The van der Waals surface area contributed by atoms with Crippen LogP contribution in [-0.2, 0) is 0 Å². The first-order chi connectivity index (χ1) is 9.22. The minimum atomic E-state index is 0.308. The van der Waals surface area contributed by atoms with Crippen LogP contribution in [0.2, 0.25) is 10.3 Å². The molecule has 1 aliphatic rings. The lowest BCUT2D eigenvalue weighted by Crippen LogP contribution is -1.97. The van der Waals surface area contributed by atoms with Crippen LogP contribution in [0.4, 0.5) is 0 Å². The third-order valence-corrected chi connectivity index (χ3v) is 3.06. The summed E-state index contributed by atoms with van der Waals surface area (Å²) in [4.78, 5) is 8.30. The summed E-state index contributed by atoms with van der Waals surface area (Å²) >= 11 is 11.8. The van der Waals surface area contributed by atoms with Gasteiger partial charge in [-0.1, -0.05) is 23.2 Å². The molecule has 0 atom stereocenters.